The lowest BCUT2D eigenvalue weighted by Gasteiger charge is -2.08. The van der Waals surface area contributed by atoms with Crippen LogP contribution in [0.3, 0.4) is 0 Å². The highest BCUT2D eigenvalue weighted by Gasteiger charge is 2.15. The number of phenols is 1. The monoisotopic (exact) mass is 274 g/mol. The summed E-state index contributed by atoms with van der Waals surface area (Å²) < 4.78 is 0. The van der Waals surface area contributed by atoms with E-state index in [9.17, 15) is 19.8 Å². The second kappa shape index (κ2) is 5.27. The number of hydrogen-bond acceptors (Lipinski definition) is 5. The number of pyridine rings is 1. The Bertz CT molecular complexity index is 684. The number of carbonyl (C=O) groups is 2. The number of benzene rings is 1. The van der Waals surface area contributed by atoms with E-state index in [0.717, 1.165) is 12.1 Å². The van der Waals surface area contributed by atoms with Crippen molar-refractivity contribution in [2.75, 3.05) is 5.32 Å². The Kier molecular flexibility index (Phi) is 3.52. The fourth-order valence-electron chi connectivity index (χ4n) is 1.52. The first-order chi connectivity index (χ1) is 9.49. The molecule has 0 saturated heterocycles. The summed E-state index contributed by atoms with van der Waals surface area (Å²) >= 11 is 0. The Morgan fingerprint density at radius 1 is 1.10 bits per heavy atom. The summed E-state index contributed by atoms with van der Waals surface area (Å²) in [6.45, 7) is 0. The van der Waals surface area contributed by atoms with Crippen molar-refractivity contribution in [3.63, 3.8) is 0 Å². The highest BCUT2D eigenvalue weighted by atomic mass is 16.4. The standard InChI is InChI=1S/C13H10N2O5/c16-9-4-3-7(13(19)20)6-8(9)15-12(18)11-10(17)2-1-5-14-11/h1-6,16-17H,(H,15,18)(H,19,20). The van der Waals surface area contributed by atoms with Gasteiger partial charge in [0.1, 0.15) is 11.5 Å². The van der Waals surface area contributed by atoms with Gasteiger partial charge in [-0.2, -0.15) is 0 Å². The van der Waals surface area contributed by atoms with Crippen LogP contribution >= 0.6 is 0 Å². The summed E-state index contributed by atoms with van der Waals surface area (Å²) in [5, 5.41) is 30.2. The minimum atomic E-state index is -1.19. The molecule has 20 heavy (non-hydrogen) atoms. The number of aromatic nitrogens is 1. The number of aromatic carboxylic acids is 1. The molecule has 0 fully saturated rings. The molecule has 0 aliphatic heterocycles. The van der Waals surface area contributed by atoms with E-state index in [1.54, 1.807) is 0 Å². The highest BCUT2D eigenvalue weighted by molar-refractivity contribution is 6.05. The zero-order valence-electron chi connectivity index (χ0n) is 10.1. The molecule has 0 saturated carbocycles. The number of hydrogen-bond donors (Lipinski definition) is 4. The summed E-state index contributed by atoms with van der Waals surface area (Å²) in [6, 6.07) is 6.20. The van der Waals surface area contributed by atoms with Gasteiger partial charge in [0, 0.05) is 6.20 Å². The summed E-state index contributed by atoms with van der Waals surface area (Å²) in [7, 11) is 0. The van der Waals surface area contributed by atoms with Gasteiger partial charge in [-0.1, -0.05) is 0 Å². The SMILES string of the molecule is O=C(O)c1ccc(O)c(NC(=O)c2ncccc2O)c1. The summed E-state index contributed by atoms with van der Waals surface area (Å²) in [4.78, 5) is 26.4. The van der Waals surface area contributed by atoms with E-state index < -0.39 is 11.9 Å². The Morgan fingerprint density at radius 3 is 2.50 bits per heavy atom. The lowest BCUT2D eigenvalue weighted by molar-refractivity contribution is 0.0696. The van der Waals surface area contributed by atoms with E-state index in [4.69, 9.17) is 5.11 Å². The van der Waals surface area contributed by atoms with E-state index >= 15 is 0 Å². The third-order valence-electron chi connectivity index (χ3n) is 2.49. The van der Waals surface area contributed by atoms with Crippen LogP contribution in [-0.2, 0) is 0 Å². The maximum Gasteiger partial charge on any atom is 0.335 e. The molecule has 0 aliphatic rings. The molecule has 0 atom stereocenters. The van der Waals surface area contributed by atoms with Crippen LogP contribution in [0.25, 0.3) is 0 Å². The smallest absolute Gasteiger partial charge is 0.335 e. The van der Waals surface area contributed by atoms with E-state index in [-0.39, 0.29) is 28.4 Å². The van der Waals surface area contributed by atoms with Crippen LogP contribution in [0.15, 0.2) is 36.5 Å². The molecule has 0 bridgehead atoms. The van der Waals surface area contributed by atoms with Crippen molar-refractivity contribution in [2.24, 2.45) is 0 Å². The maximum absolute atomic E-state index is 11.9. The molecule has 0 unspecified atom stereocenters. The molecule has 1 amide bonds. The average Bonchev–Trinajstić information content (AvgIpc) is 2.41. The molecule has 7 nitrogen and oxygen atoms in total. The van der Waals surface area contributed by atoms with Crippen molar-refractivity contribution < 1.29 is 24.9 Å². The molecule has 0 spiro atoms. The van der Waals surface area contributed by atoms with Crippen molar-refractivity contribution in [1.29, 1.82) is 0 Å². The second-order valence-corrected chi connectivity index (χ2v) is 3.86. The van der Waals surface area contributed by atoms with Crippen molar-refractivity contribution in [3.05, 3.63) is 47.8 Å². The molecule has 4 N–H and O–H groups in total. The number of nitrogens with zero attached hydrogens (tertiary/aromatic N) is 1. The predicted octanol–water partition coefficient (Wildman–Crippen LogP) is 1.44. The Balaban J connectivity index is 2.30. The largest absolute Gasteiger partial charge is 0.506 e. The lowest BCUT2D eigenvalue weighted by atomic mass is 10.2. The Hall–Kier alpha value is -3.09. The van der Waals surface area contributed by atoms with Gasteiger partial charge < -0.3 is 20.6 Å². The zero-order chi connectivity index (χ0) is 14.7. The van der Waals surface area contributed by atoms with Crippen LogP contribution in [-0.4, -0.2) is 32.2 Å². The average molecular weight is 274 g/mol. The maximum atomic E-state index is 11.9. The van der Waals surface area contributed by atoms with Crippen molar-refractivity contribution >= 4 is 17.6 Å². The first-order valence-corrected chi connectivity index (χ1v) is 5.50. The molecule has 1 heterocycles. The molecule has 2 aromatic rings. The topological polar surface area (TPSA) is 120 Å². The number of amides is 1. The number of aromatic hydroxyl groups is 2. The molecule has 1 aromatic heterocycles. The van der Waals surface area contributed by atoms with Gasteiger partial charge >= 0.3 is 5.97 Å². The molecule has 1 aromatic carbocycles. The number of anilines is 1. The molecular formula is C13H10N2O5. The van der Waals surface area contributed by atoms with E-state index in [0.29, 0.717) is 0 Å². The number of carboxylic acid groups (broad SMARTS) is 1. The van der Waals surface area contributed by atoms with Gasteiger partial charge in [-0.15, -0.1) is 0 Å². The Labute approximate surface area is 113 Å². The number of carbonyl (C=O) groups excluding carboxylic acids is 1. The third kappa shape index (κ3) is 2.66. The summed E-state index contributed by atoms with van der Waals surface area (Å²) in [6.07, 6.45) is 1.32. The molecular weight excluding hydrogens is 264 g/mol. The fraction of sp³-hybridized carbons (Fsp3) is 0. The van der Waals surface area contributed by atoms with Crippen molar-refractivity contribution in [2.45, 2.75) is 0 Å². The van der Waals surface area contributed by atoms with Crippen molar-refractivity contribution in [3.8, 4) is 11.5 Å². The molecule has 0 aliphatic carbocycles. The highest BCUT2D eigenvalue weighted by Crippen LogP contribution is 2.25. The summed E-state index contributed by atoms with van der Waals surface area (Å²) in [5.41, 5.74) is -0.407. The molecule has 102 valence electrons. The van der Waals surface area contributed by atoms with Gasteiger partial charge in [0.2, 0.25) is 0 Å². The van der Waals surface area contributed by atoms with Gasteiger partial charge in [-0.25, -0.2) is 9.78 Å². The van der Waals surface area contributed by atoms with Gasteiger partial charge in [0.15, 0.2) is 5.69 Å². The van der Waals surface area contributed by atoms with Crippen LogP contribution in [0.4, 0.5) is 5.69 Å². The van der Waals surface area contributed by atoms with E-state index in [2.05, 4.69) is 10.3 Å². The van der Waals surface area contributed by atoms with Crippen LogP contribution < -0.4 is 5.32 Å². The number of carboxylic acids is 1. The normalized spacial score (nSPS) is 10.0. The fourth-order valence-corrected chi connectivity index (χ4v) is 1.52. The zero-order valence-corrected chi connectivity index (χ0v) is 10.1. The van der Waals surface area contributed by atoms with Gasteiger partial charge in [-0.3, -0.25) is 4.79 Å². The molecule has 0 radical (unpaired) electrons. The van der Waals surface area contributed by atoms with Crippen LogP contribution in [0, 0.1) is 0 Å². The van der Waals surface area contributed by atoms with Gasteiger partial charge in [-0.05, 0) is 30.3 Å². The third-order valence-corrected chi connectivity index (χ3v) is 2.49. The summed E-state index contributed by atoms with van der Waals surface area (Å²) in [5.74, 6) is -2.57. The lowest BCUT2D eigenvalue weighted by Crippen LogP contribution is -2.14. The van der Waals surface area contributed by atoms with E-state index in [1.165, 1.54) is 24.4 Å². The van der Waals surface area contributed by atoms with Crippen LogP contribution in [0.2, 0.25) is 0 Å². The van der Waals surface area contributed by atoms with E-state index in [1.807, 2.05) is 0 Å². The molecule has 2 rings (SSSR count). The quantitative estimate of drug-likeness (QED) is 0.629. The van der Waals surface area contributed by atoms with Crippen LogP contribution in [0.1, 0.15) is 20.8 Å². The number of nitrogens with one attached hydrogen (secondary N) is 1. The first-order valence-electron chi connectivity index (χ1n) is 5.50. The number of phenolic OH excluding ortho intramolecular Hbond substituents is 1. The second-order valence-electron chi connectivity index (χ2n) is 3.86. The van der Waals surface area contributed by atoms with Gasteiger partial charge in [0.05, 0.1) is 11.3 Å². The van der Waals surface area contributed by atoms with Crippen LogP contribution in [0.5, 0.6) is 11.5 Å². The first kappa shape index (κ1) is 13.3. The minimum absolute atomic E-state index is 0.0834. The van der Waals surface area contributed by atoms with Gasteiger partial charge in [0.25, 0.3) is 5.91 Å². The predicted molar refractivity (Wildman–Crippen MR) is 68.9 cm³/mol. The molecule has 7 heteroatoms. The van der Waals surface area contributed by atoms with Crippen molar-refractivity contribution in [1.82, 2.24) is 4.98 Å². The Morgan fingerprint density at radius 2 is 1.85 bits per heavy atom. The number of rotatable bonds is 3. The minimum Gasteiger partial charge on any atom is -0.506 e.